The Morgan fingerprint density at radius 1 is 1.14 bits per heavy atom. The lowest BCUT2D eigenvalue weighted by atomic mass is 9.67. The Labute approximate surface area is 202 Å². The molecule has 2 heterocycles. The highest BCUT2D eigenvalue weighted by Gasteiger charge is 2.42. The topological polar surface area (TPSA) is 89.1 Å². The van der Waals surface area contributed by atoms with Crippen molar-refractivity contribution < 1.29 is 23.1 Å². The molecule has 3 N–H and O–H groups in total. The molecule has 0 spiro atoms. The molecule has 1 saturated carbocycles. The molecule has 8 heteroatoms. The minimum atomic E-state index is -0.978. The van der Waals surface area contributed by atoms with Crippen LogP contribution in [0.1, 0.15) is 59.8 Å². The van der Waals surface area contributed by atoms with E-state index in [1.165, 1.54) is 13.0 Å². The van der Waals surface area contributed by atoms with E-state index in [-0.39, 0.29) is 24.0 Å². The highest BCUT2D eigenvalue weighted by Crippen LogP contribution is 2.42. The fraction of sp³-hybridized carbons (Fsp3) is 0.370. The van der Waals surface area contributed by atoms with Gasteiger partial charge in [-0.3, -0.25) is 9.78 Å². The van der Waals surface area contributed by atoms with Crippen molar-refractivity contribution in [2.75, 3.05) is 0 Å². The van der Waals surface area contributed by atoms with Crippen LogP contribution >= 0.6 is 0 Å². The summed E-state index contributed by atoms with van der Waals surface area (Å²) in [6, 6.07) is 5.78. The van der Waals surface area contributed by atoms with Crippen LogP contribution < -0.4 is 5.73 Å². The third-order valence-corrected chi connectivity index (χ3v) is 7.21. The number of Topliss-reactive ketones (excluding diaryl/α,β-unsaturated/α-hetero) is 1. The third-order valence-electron chi connectivity index (χ3n) is 7.21. The van der Waals surface area contributed by atoms with E-state index in [0.29, 0.717) is 24.0 Å². The summed E-state index contributed by atoms with van der Waals surface area (Å²) in [6.45, 7) is 5.21. The molecule has 0 unspecified atom stereocenters. The van der Waals surface area contributed by atoms with Gasteiger partial charge in [0.2, 0.25) is 0 Å². The minimum Gasteiger partial charge on any atom is -0.388 e. The number of hydrogen-bond acceptors (Lipinski definition) is 5. The number of aromatic nitrogens is 2. The molecule has 0 bridgehead atoms. The maximum Gasteiger partial charge on any atom is 0.185 e. The number of ketones is 1. The lowest BCUT2D eigenvalue weighted by Crippen LogP contribution is -2.54. The van der Waals surface area contributed by atoms with Crippen molar-refractivity contribution in [3.63, 3.8) is 0 Å². The number of rotatable bonds is 5. The Morgan fingerprint density at radius 3 is 2.49 bits per heavy atom. The number of nitrogens with two attached hydrogens (primary N) is 1. The predicted molar refractivity (Wildman–Crippen MR) is 126 cm³/mol. The van der Waals surface area contributed by atoms with E-state index in [0.717, 1.165) is 23.8 Å². The number of aliphatic hydroxyl groups is 1. The Bertz CT molecular complexity index is 1240. The number of pyridine rings is 2. The van der Waals surface area contributed by atoms with Gasteiger partial charge < -0.3 is 10.8 Å². The molecule has 4 rings (SSSR count). The number of nitrogens with zero attached hydrogens (tertiary/aromatic N) is 2. The molecule has 1 aliphatic rings. The van der Waals surface area contributed by atoms with Gasteiger partial charge in [-0.05, 0) is 85.5 Å². The van der Waals surface area contributed by atoms with E-state index in [1.54, 1.807) is 19.3 Å². The van der Waals surface area contributed by atoms with E-state index in [2.05, 4.69) is 9.97 Å². The van der Waals surface area contributed by atoms with Crippen LogP contribution in [0.4, 0.5) is 13.2 Å². The van der Waals surface area contributed by atoms with Crippen LogP contribution in [0.25, 0.3) is 11.3 Å². The molecule has 184 valence electrons. The largest absolute Gasteiger partial charge is 0.388 e. The first kappa shape index (κ1) is 25.0. The zero-order chi connectivity index (χ0) is 25.5. The molecule has 2 aromatic heterocycles. The summed E-state index contributed by atoms with van der Waals surface area (Å²) in [4.78, 5) is 21.3. The van der Waals surface area contributed by atoms with Gasteiger partial charge in [0.15, 0.2) is 5.78 Å². The smallest absolute Gasteiger partial charge is 0.185 e. The van der Waals surface area contributed by atoms with Gasteiger partial charge in [-0.25, -0.2) is 18.2 Å². The van der Waals surface area contributed by atoms with Crippen LogP contribution in [0.15, 0.2) is 42.7 Å². The van der Waals surface area contributed by atoms with E-state index >= 15 is 0 Å². The van der Waals surface area contributed by atoms with Gasteiger partial charge in [0.1, 0.15) is 28.8 Å². The van der Waals surface area contributed by atoms with Crippen molar-refractivity contribution in [3.05, 3.63) is 82.6 Å². The number of aryl methyl sites for hydroxylation is 1. The molecule has 5 nitrogen and oxygen atoms in total. The summed E-state index contributed by atoms with van der Waals surface area (Å²) >= 11 is 0. The average Bonchev–Trinajstić information content (AvgIpc) is 2.78. The summed E-state index contributed by atoms with van der Waals surface area (Å²) in [5.41, 5.74) is 5.94. The molecule has 0 amide bonds. The van der Waals surface area contributed by atoms with Gasteiger partial charge in [0.05, 0.1) is 11.2 Å². The first-order chi connectivity index (χ1) is 16.5. The normalized spacial score (nSPS) is 24.4. The van der Waals surface area contributed by atoms with Crippen LogP contribution in [0.2, 0.25) is 0 Å². The maximum absolute atomic E-state index is 14.5. The number of hydrogen-bond donors (Lipinski definition) is 2. The highest BCUT2D eigenvalue weighted by molar-refractivity contribution is 5.96. The van der Waals surface area contributed by atoms with Crippen molar-refractivity contribution in [2.45, 2.75) is 57.6 Å². The molecule has 3 aromatic rings. The second-order valence-corrected chi connectivity index (χ2v) is 9.71. The van der Waals surface area contributed by atoms with Gasteiger partial charge in [-0.15, -0.1) is 0 Å². The fourth-order valence-electron chi connectivity index (χ4n) is 4.87. The quantitative estimate of drug-likeness (QED) is 0.505. The van der Waals surface area contributed by atoms with Gasteiger partial charge >= 0.3 is 0 Å². The maximum atomic E-state index is 14.5. The van der Waals surface area contributed by atoms with E-state index in [4.69, 9.17) is 5.73 Å². The Morgan fingerprint density at radius 2 is 1.83 bits per heavy atom. The molecule has 1 aromatic carbocycles. The summed E-state index contributed by atoms with van der Waals surface area (Å²) in [6.07, 6.45) is 4.41. The predicted octanol–water partition coefficient (Wildman–Crippen LogP) is 4.89. The Kier molecular flexibility index (Phi) is 6.79. The van der Waals surface area contributed by atoms with Crippen molar-refractivity contribution in [1.29, 1.82) is 0 Å². The zero-order valence-electron chi connectivity index (χ0n) is 19.9. The standard InChI is InChI=1S/C27H28F3N3O2/c1-14-8-20(29)25(21(30)9-14)26-19(28)4-5-22(33-26)23(34)11-17-13-32-7-6-18(17)16-10-15(2)27(3,35)24(31)12-16/h4-9,13,15-16,24,35H,10-12,31H2,1-3H3/t15-,16+,24+,27+/m1/s1. The average molecular weight is 484 g/mol. The summed E-state index contributed by atoms with van der Waals surface area (Å²) in [7, 11) is 0. The third kappa shape index (κ3) is 4.86. The number of carbonyl (C=O) groups excluding carboxylic acids is 1. The zero-order valence-corrected chi connectivity index (χ0v) is 19.9. The van der Waals surface area contributed by atoms with Crippen molar-refractivity contribution >= 4 is 5.78 Å². The molecule has 0 saturated heterocycles. The summed E-state index contributed by atoms with van der Waals surface area (Å²) < 4.78 is 43.4. The van der Waals surface area contributed by atoms with Gasteiger partial charge in [-0.1, -0.05) is 6.92 Å². The SMILES string of the molecule is Cc1cc(F)c(-c2nc(C(=O)Cc3cnccc3[C@H]3C[C@@H](C)[C@](C)(O)[C@@H](N)C3)ccc2F)c(F)c1. The van der Waals surface area contributed by atoms with Crippen LogP contribution in [-0.2, 0) is 6.42 Å². The molecule has 35 heavy (non-hydrogen) atoms. The first-order valence-electron chi connectivity index (χ1n) is 11.6. The van der Waals surface area contributed by atoms with E-state index in [1.807, 2.05) is 13.0 Å². The Hall–Kier alpha value is -3.10. The molecule has 0 aliphatic heterocycles. The highest BCUT2D eigenvalue weighted by atomic mass is 19.1. The van der Waals surface area contributed by atoms with Gasteiger partial charge in [0, 0.05) is 24.9 Å². The lowest BCUT2D eigenvalue weighted by molar-refractivity contribution is -0.0464. The summed E-state index contributed by atoms with van der Waals surface area (Å²) in [5, 5.41) is 10.7. The second kappa shape index (κ2) is 9.51. The van der Waals surface area contributed by atoms with E-state index in [9.17, 15) is 23.1 Å². The molecular formula is C27H28F3N3O2. The number of carbonyl (C=O) groups is 1. The fourth-order valence-corrected chi connectivity index (χ4v) is 4.87. The van der Waals surface area contributed by atoms with Crippen LogP contribution in [0, 0.1) is 30.3 Å². The van der Waals surface area contributed by atoms with Crippen molar-refractivity contribution in [3.8, 4) is 11.3 Å². The van der Waals surface area contributed by atoms with Crippen LogP contribution in [0.3, 0.4) is 0 Å². The molecule has 4 atom stereocenters. The monoisotopic (exact) mass is 483 g/mol. The van der Waals surface area contributed by atoms with Gasteiger partial charge in [0.25, 0.3) is 0 Å². The van der Waals surface area contributed by atoms with Gasteiger partial charge in [-0.2, -0.15) is 0 Å². The Balaban J connectivity index is 1.64. The van der Waals surface area contributed by atoms with E-state index < -0.39 is 46.1 Å². The number of benzene rings is 1. The van der Waals surface area contributed by atoms with Crippen LogP contribution in [0.5, 0.6) is 0 Å². The molecule has 1 aliphatic carbocycles. The van der Waals surface area contributed by atoms with Crippen molar-refractivity contribution in [1.82, 2.24) is 9.97 Å². The minimum absolute atomic E-state index is 0.0264. The van der Waals surface area contributed by atoms with Crippen molar-refractivity contribution in [2.24, 2.45) is 11.7 Å². The van der Waals surface area contributed by atoms with Crippen LogP contribution in [-0.4, -0.2) is 32.5 Å². The first-order valence-corrected chi connectivity index (χ1v) is 11.6. The second-order valence-electron chi connectivity index (χ2n) is 9.71. The number of halogens is 3. The molecule has 0 radical (unpaired) electrons. The summed E-state index contributed by atoms with van der Waals surface area (Å²) in [5.74, 6) is -3.29. The molecular weight excluding hydrogens is 455 g/mol. The lowest BCUT2D eigenvalue weighted by Gasteiger charge is -2.44. The molecule has 1 fully saturated rings.